The molecule has 12 unspecified atom stereocenters. The van der Waals surface area contributed by atoms with E-state index in [1.165, 1.54) is 27.7 Å². The molecule has 8 saturated heterocycles. The van der Waals surface area contributed by atoms with Gasteiger partial charge in [0.15, 0.2) is 50.3 Å². The Morgan fingerprint density at radius 2 is 0.623 bits per heavy atom. The first kappa shape index (κ1) is 91.0. The first-order chi connectivity index (χ1) is 50.4. The van der Waals surface area contributed by atoms with Crippen molar-refractivity contribution in [3.8, 4) is 0 Å². The van der Waals surface area contributed by atoms with Crippen molar-refractivity contribution < 1.29 is 225 Å². The fourth-order valence-corrected chi connectivity index (χ4v) is 15.2. The van der Waals surface area contributed by atoms with Crippen LogP contribution in [-0.2, 0) is 142 Å². The lowest BCUT2D eigenvalue weighted by Crippen LogP contribution is -2.67. The molecule has 8 aliphatic rings. The van der Waals surface area contributed by atoms with Gasteiger partial charge in [0.25, 0.3) is 0 Å². The van der Waals surface area contributed by atoms with Crippen LogP contribution in [0.3, 0.4) is 0 Å². The van der Waals surface area contributed by atoms with Gasteiger partial charge in [0, 0.05) is 32.8 Å². The largest absolute Gasteiger partial charge is 0.397 e. The van der Waals surface area contributed by atoms with Crippen molar-refractivity contribution in [2.24, 2.45) is 0 Å². The van der Waals surface area contributed by atoms with Crippen molar-refractivity contribution in [1.29, 1.82) is 0 Å². The number of nitrogens with one attached hydrogen (secondary N) is 4. The van der Waals surface area contributed by atoms with E-state index in [2.05, 4.69) is 64.7 Å². The van der Waals surface area contributed by atoms with Crippen molar-refractivity contribution in [2.75, 3.05) is 33.5 Å². The van der Waals surface area contributed by atoms with E-state index in [0.717, 1.165) is 7.11 Å². The highest BCUT2D eigenvalue weighted by Crippen LogP contribution is 2.40. The Labute approximate surface area is 618 Å². The predicted molar refractivity (Wildman–Crippen MR) is 332 cm³/mol. The summed E-state index contributed by atoms with van der Waals surface area (Å²) in [5, 5.41) is 174. The van der Waals surface area contributed by atoms with E-state index in [1.54, 1.807) is 0 Å². The standard InChI is InChI=1S/C49H88N4O47S6/c1-14-34(60)18(56)6-26(78-14)86-42-22(10-54)82-47(31(36(42)62)51-102-98-94-66)90-39-15(2)79-27(7-19(39)57)87-43-23(11-55)83-48(32(37(43)63)52-103-99-95-67)91-40-16(3)80-29(8-20(40)58)89-45-25(13-77-106(72,73)74)85-49(33(38(45)64)53-104-100-96-68)92-41-17(4)81-28(9-21(41)59)88-44-24(12-76-105(69,70)71)84-46(75-5)30(35(44)61)50-101-97-93-65/h14-68H,6-13H2,1-5H3,(H,69,70,71)(H,72,73,74)/t14?,15?,16?,17?,18-,19-,20-,21-,22?,23?,24?,25?,26-,27-,28-,29-,30?,31?,32?,33?,34+,35+,36+,37+,38+,39-,40-,41-,42+,43+,44+,45+,46-,47-,48-,49-/m0/s1. The highest BCUT2D eigenvalue weighted by molar-refractivity contribution is 7.93. The minimum Gasteiger partial charge on any atom is -0.394 e. The van der Waals surface area contributed by atoms with Crippen LogP contribution < -0.4 is 18.9 Å². The minimum atomic E-state index is -5.31. The van der Waals surface area contributed by atoms with Gasteiger partial charge in [-0.25, -0.2) is 48.3 Å². The third-order valence-corrected chi connectivity index (χ3v) is 20.6. The van der Waals surface area contributed by atoms with Gasteiger partial charge < -0.3 is 132 Å². The van der Waals surface area contributed by atoms with Gasteiger partial charge >= 0.3 is 20.8 Å². The summed E-state index contributed by atoms with van der Waals surface area (Å²) in [7, 11) is -9.28. The molecule has 0 aromatic rings. The summed E-state index contributed by atoms with van der Waals surface area (Å²) in [5.74, 6) is 0. The van der Waals surface area contributed by atoms with Crippen molar-refractivity contribution in [1.82, 2.24) is 18.9 Å². The topological polar surface area (TPSA) is 700 Å². The van der Waals surface area contributed by atoms with Crippen LogP contribution >= 0.6 is 48.9 Å². The molecule has 0 saturated carbocycles. The quantitative estimate of drug-likeness (QED) is 0.00679. The van der Waals surface area contributed by atoms with Gasteiger partial charge in [-0.3, -0.25) is 9.11 Å². The molecule has 8 fully saturated rings. The lowest BCUT2D eigenvalue weighted by atomic mass is 9.95. The molecule has 0 radical (unpaired) electrons. The highest BCUT2D eigenvalue weighted by atomic mass is 32.3. The molecule has 8 heterocycles. The van der Waals surface area contributed by atoms with Crippen LogP contribution in [0, 0.1) is 0 Å². The first-order valence-corrected chi connectivity index (χ1v) is 37.6. The normalized spacial score (nSPS) is 44.4. The third kappa shape index (κ3) is 24.7. The number of aliphatic hydroxyl groups is 11. The molecular weight excluding hydrogens is 1590 g/mol. The minimum absolute atomic E-state index is 0.118. The summed E-state index contributed by atoms with van der Waals surface area (Å²) in [6.07, 6.45) is -50.6. The van der Waals surface area contributed by atoms with Crippen molar-refractivity contribution >= 4 is 69.7 Å². The zero-order valence-electron chi connectivity index (χ0n) is 55.7. The van der Waals surface area contributed by atoms with E-state index in [9.17, 15) is 82.1 Å². The smallest absolute Gasteiger partial charge is 0.394 e. The zero-order chi connectivity index (χ0) is 77.5. The van der Waals surface area contributed by atoms with Gasteiger partial charge in [0.1, 0.15) is 147 Å². The van der Waals surface area contributed by atoms with Gasteiger partial charge in [0.2, 0.25) is 0 Å². The van der Waals surface area contributed by atoms with Crippen molar-refractivity contribution in [2.45, 2.75) is 274 Å². The molecule has 622 valence electrons. The van der Waals surface area contributed by atoms with Gasteiger partial charge in [-0.1, -0.05) is 20.2 Å². The summed E-state index contributed by atoms with van der Waals surface area (Å²) >= 11 is 0.803. The van der Waals surface area contributed by atoms with Crippen LogP contribution in [0.15, 0.2) is 0 Å². The van der Waals surface area contributed by atoms with Gasteiger partial charge in [0.05, 0.1) is 99.4 Å². The van der Waals surface area contributed by atoms with Gasteiger partial charge in [-0.15, -0.1) is 17.3 Å². The molecule has 51 nitrogen and oxygen atoms in total. The second-order valence-electron chi connectivity index (χ2n) is 24.6. The molecule has 8 aliphatic heterocycles. The lowest BCUT2D eigenvalue weighted by Gasteiger charge is -2.49. The molecule has 21 N–H and O–H groups in total. The Morgan fingerprint density at radius 3 is 0.887 bits per heavy atom. The van der Waals surface area contributed by atoms with Crippen molar-refractivity contribution in [3.05, 3.63) is 0 Å². The van der Waals surface area contributed by atoms with Crippen LogP contribution in [-0.4, -0.2) is 358 Å². The number of hydrogen-bond acceptors (Lipinski definition) is 53. The monoisotopic (exact) mass is 1680 g/mol. The SMILES string of the molecule is CO[C@H]1OC(COS(=O)(=O)O)[C@@H](O[C@H]2C[C@H](O)[C@@H](O[C@@H]3OC(COS(=O)(=O)O)[C@@H](O[C@H]4C[C@H](O)[C@@H](O[C@@H]5OC(CO)[C@@H](O[C@H]6C[C@H](O)[C@@H](O[C@@H]7OC(CO)[C@@H](O[C@H]8C[C@H](O)[C@H](O)C(C)O8)[C@H](O)C7NSOOO)C(C)O6)[C@H](O)C5NSOOO)C(C)O4)[C@H](O)C3NSOOO)C(C)O2)[C@H](O)C1NSOOO. The number of rotatable bonds is 39. The van der Waals surface area contributed by atoms with Gasteiger partial charge in [-0.05, 0) is 27.7 Å². The second kappa shape index (κ2) is 42.9. The fourth-order valence-electron chi connectivity index (χ4n) is 12.8. The Bertz CT molecular complexity index is 2750. The zero-order valence-corrected chi connectivity index (χ0v) is 60.6. The molecular formula is C49H88N4O47S6. The predicted octanol–water partition coefficient (Wildman–Crippen LogP) is -7.59. The van der Waals surface area contributed by atoms with E-state index < -0.39 is 287 Å². The Hall–Kier alpha value is -0.580. The van der Waals surface area contributed by atoms with E-state index >= 15 is 0 Å². The maximum Gasteiger partial charge on any atom is 0.397 e. The number of methoxy groups -OCH3 is 1. The fraction of sp³-hybridized carbons (Fsp3) is 1.00. The molecule has 0 spiro atoms. The summed E-state index contributed by atoms with van der Waals surface area (Å²) in [4.78, 5) is 0. The number of hydrogen-bond donors (Lipinski definition) is 21. The molecule has 0 bridgehead atoms. The Morgan fingerprint density at radius 1 is 0.358 bits per heavy atom. The maximum atomic E-state index is 12.1. The molecule has 8 rings (SSSR count). The molecule has 106 heavy (non-hydrogen) atoms. The average molecular weight is 1680 g/mol. The molecule has 0 aromatic carbocycles. The molecule has 57 heteroatoms. The summed E-state index contributed by atoms with van der Waals surface area (Å²) in [6, 6.07) is -5.94. The van der Waals surface area contributed by atoms with Gasteiger partial charge in [-0.2, -0.15) is 16.8 Å². The lowest BCUT2D eigenvalue weighted by molar-refractivity contribution is -0.432. The molecule has 0 aliphatic carbocycles. The Kier molecular flexibility index (Phi) is 36.8. The number of aliphatic hydroxyl groups excluding tert-OH is 11. The molecule has 0 amide bonds. The van der Waals surface area contributed by atoms with Crippen molar-refractivity contribution in [3.63, 3.8) is 0 Å². The van der Waals surface area contributed by atoms with Crippen LogP contribution in [0.5, 0.6) is 0 Å². The van der Waals surface area contributed by atoms with Crippen LogP contribution in [0.4, 0.5) is 0 Å². The van der Waals surface area contributed by atoms with E-state index in [4.69, 9.17) is 96.8 Å². The number of ether oxygens (including phenoxy) is 16. The average Bonchev–Trinajstić information content (AvgIpc) is 0.785. The molecule has 36 atom stereocenters. The second-order valence-corrected chi connectivity index (χ2v) is 29.0. The van der Waals surface area contributed by atoms with E-state index in [-0.39, 0.29) is 55.3 Å². The molecule has 0 aromatic heterocycles. The first-order valence-electron chi connectivity index (χ1n) is 31.9. The maximum absolute atomic E-state index is 12.1. The Balaban J connectivity index is 0.910. The highest BCUT2D eigenvalue weighted by Gasteiger charge is 2.57. The summed E-state index contributed by atoms with van der Waals surface area (Å²) in [6.45, 7) is 1.79. The van der Waals surface area contributed by atoms with Crippen LogP contribution in [0.2, 0.25) is 0 Å². The van der Waals surface area contributed by atoms with E-state index in [0.29, 0.717) is 0 Å². The van der Waals surface area contributed by atoms with E-state index in [1.807, 2.05) is 0 Å². The van der Waals surface area contributed by atoms with Crippen LogP contribution in [0.25, 0.3) is 0 Å². The summed E-state index contributed by atoms with van der Waals surface area (Å²) < 4.78 is 199. The van der Waals surface area contributed by atoms with Crippen LogP contribution in [0.1, 0.15) is 53.4 Å². The summed E-state index contributed by atoms with van der Waals surface area (Å²) in [5.41, 5.74) is 0. The third-order valence-electron chi connectivity index (χ3n) is 17.8.